The molecule has 0 unspecified atom stereocenters. The average Bonchev–Trinajstić information content (AvgIpc) is 2.80. The molecule has 4 N–H and O–H groups in total. The summed E-state index contributed by atoms with van der Waals surface area (Å²) in [6, 6.07) is 3.11. The summed E-state index contributed by atoms with van der Waals surface area (Å²) in [5, 5.41) is 4.53. The molecule has 21 heavy (non-hydrogen) atoms. The number of hydrogen-bond donors (Lipinski definition) is 3. The minimum absolute atomic E-state index is 0.109. The molecule has 0 spiro atoms. The van der Waals surface area contributed by atoms with Crippen LogP contribution in [0.3, 0.4) is 0 Å². The Morgan fingerprint density at radius 3 is 2.67 bits per heavy atom. The van der Waals surface area contributed by atoms with Gasteiger partial charge in [-0.3, -0.25) is 4.79 Å². The summed E-state index contributed by atoms with van der Waals surface area (Å²) in [4.78, 5) is 13.3. The van der Waals surface area contributed by atoms with Crippen molar-refractivity contribution in [3.8, 4) is 0 Å². The highest BCUT2D eigenvalue weighted by Gasteiger charge is 2.31. The molecule has 2 aromatic rings. The Morgan fingerprint density at radius 2 is 2.14 bits per heavy atom. The number of hydrogen-bond acceptors (Lipinski definition) is 4. The lowest BCUT2D eigenvalue weighted by Crippen LogP contribution is -2.16. The molecule has 0 bridgehead atoms. The quantitative estimate of drug-likeness (QED) is 0.753. The van der Waals surface area contributed by atoms with E-state index in [1.807, 2.05) is 0 Å². The van der Waals surface area contributed by atoms with E-state index in [1.165, 1.54) is 6.07 Å². The molecule has 0 amide bonds. The van der Waals surface area contributed by atoms with Crippen LogP contribution in [0.1, 0.15) is 16.8 Å². The first kappa shape index (κ1) is 15.5. The van der Waals surface area contributed by atoms with Crippen LogP contribution in [-0.2, 0) is 12.7 Å². The van der Waals surface area contributed by atoms with Crippen molar-refractivity contribution in [1.82, 2.24) is 4.98 Å². The van der Waals surface area contributed by atoms with Gasteiger partial charge in [-0.1, -0.05) is 23.6 Å². The SMILES string of the molecule is NC(=S)c1cc(C(F)(F)F)ccc1NCc1csc(=O)[nH]1. The van der Waals surface area contributed by atoms with Crippen LogP contribution in [0, 0.1) is 0 Å². The zero-order chi connectivity index (χ0) is 15.6. The van der Waals surface area contributed by atoms with E-state index < -0.39 is 11.7 Å². The topological polar surface area (TPSA) is 70.9 Å². The first-order valence-corrected chi connectivity index (χ1v) is 6.98. The maximum Gasteiger partial charge on any atom is 0.416 e. The highest BCUT2D eigenvalue weighted by atomic mass is 32.1. The zero-order valence-corrected chi connectivity index (χ0v) is 12.1. The molecular weight excluding hydrogens is 323 g/mol. The lowest BCUT2D eigenvalue weighted by molar-refractivity contribution is -0.137. The molecule has 0 aliphatic heterocycles. The van der Waals surface area contributed by atoms with Crippen LogP contribution in [-0.4, -0.2) is 9.97 Å². The molecule has 4 nitrogen and oxygen atoms in total. The summed E-state index contributed by atoms with van der Waals surface area (Å²) in [7, 11) is 0. The smallest absolute Gasteiger partial charge is 0.389 e. The minimum atomic E-state index is -4.46. The van der Waals surface area contributed by atoms with Crippen LogP contribution in [0.25, 0.3) is 0 Å². The van der Waals surface area contributed by atoms with Gasteiger partial charge in [0.1, 0.15) is 4.99 Å². The van der Waals surface area contributed by atoms with Gasteiger partial charge in [-0.15, -0.1) is 0 Å². The number of benzene rings is 1. The number of rotatable bonds is 4. The fourth-order valence-electron chi connectivity index (χ4n) is 1.67. The van der Waals surface area contributed by atoms with Gasteiger partial charge < -0.3 is 16.0 Å². The van der Waals surface area contributed by atoms with Crippen molar-refractivity contribution < 1.29 is 13.2 Å². The monoisotopic (exact) mass is 333 g/mol. The van der Waals surface area contributed by atoms with Gasteiger partial charge in [-0.05, 0) is 18.2 Å². The van der Waals surface area contributed by atoms with E-state index in [4.69, 9.17) is 18.0 Å². The molecule has 2 rings (SSSR count). The van der Waals surface area contributed by atoms with E-state index in [-0.39, 0.29) is 22.0 Å². The average molecular weight is 333 g/mol. The predicted octanol–water partition coefficient (Wildman–Crippen LogP) is 2.70. The molecule has 1 heterocycles. The summed E-state index contributed by atoms with van der Waals surface area (Å²) in [5.41, 5.74) is 5.76. The second-order valence-corrected chi connectivity index (χ2v) is 5.43. The van der Waals surface area contributed by atoms with Gasteiger partial charge >= 0.3 is 11.0 Å². The first-order chi connectivity index (χ1) is 9.77. The molecule has 0 aliphatic rings. The number of nitrogens with two attached hydrogens (primary N) is 1. The van der Waals surface area contributed by atoms with Crippen LogP contribution in [0.15, 0.2) is 28.4 Å². The Labute approximate surface area is 126 Å². The second-order valence-electron chi connectivity index (χ2n) is 4.15. The fraction of sp³-hybridized carbons (Fsp3) is 0.167. The van der Waals surface area contributed by atoms with Gasteiger partial charge in [0, 0.05) is 22.3 Å². The Morgan fingerprint density at radius 1 is 1.43 bits per heavy atom. The highest BCUT2D eigenvalue weighted by molar-refractivity contribution is 7.80. The van der Waals surface area contributed by atoms with Crippen LogP contribution >= 0.6 is 23.6 Å². The van der Waals surface area contributed by atoms with Gasteiger partial charge in [0.25, 0.3) is 0 Å². The number of anilines is 1. The van der Waals surface area contributed by atoms with Gasteiger partial charge in [0.2, 0.25) is 0 Å². The van der Waals surface area contributed by atoms with E-state index in [0.717, 1.165) is 23.5 Å². The minimum Gasteiger partial charge on any atom is -0.389 e. The second kappa shape index (κ2) is 5.86. The summed E-state index contributed by atoms with van der Waals surface area (Å²) in [6.45, 7) is 0.250. The molecule has 112 valence electrons. The molecule has 0 radical (unpaired) electrons. The number of thiazole rings is 1. The number of H-pyrrole nitrogens is 1. The number of aromatic amines is 1. The third kappa shape index (κ3) is 3.82. The van der Waals surface area contributed by atoms with Gasteiger partial charge in [-0.25, -0.2) is 0 Å². The Hall–Kier alpha value is -1.87. The van der Waals surface area contributed by atoms with Gasteiger partial charge in [0.15, 0.2) is 0 Å². The number of aromatic nitrogens is 1. The third-order valence-corrected chi connectivity index (χ3v) is 3.59. The summed E-state index contributed by atoms with van der Waals surface area (Å²) < 4.78 is 38.0. The molecule has 0 saturated heterocycles. The Bertz CT molecular complexity index is 721. The molecule has 0 saturated carbocycles. The molecule has 1 aromatic heterocycles. The van der Waals surface area contributed by atoms with E-state index in [1.54, 1.807) is 5.38 Å². The molecule has 0 fully saturated rings. The first-order valence-electron chi connectivity index (χ1n) is 5.69. The van der Waals surface area contributed by atoms with Gasteiger partial charge in [-0.2, -0.15) is 13.2 Å². The Kier molecular flexibility index (Phi) is 4.33. The van der Waals surface area contributed by atoms with Crippen molar-refractivity contribution in [2.75, 3.05) is 5.32 Å². The van der Waals surface area contributed by atoms with Crippen molar-refractivity contribution in [2.45, 2.75) is 12.7 Å². The number of halogens is 3. The number of thiocarbonyl (C=S) groups is 1. The summed E-state index contributed by atoms with van der Waals surface area (Å²) in [5.74, 6) is 0. The van der Waals surface area contributed by atoms with Gasteiger partial charge in [0.05, 0.1) is 12.1 Å². The number of nitrogens with one attached hydrogen (secondary N) is 2. The Balaban J connectivity index is 2.26. The standard InChI is InChI=1S/C12H10F3N3OS2/c13-12(14,15)6-1-2-9(8(3-6)10(16)20)17-4-7-5-21-11(19)18-7/h1-3,5,17H,4H2,(H2,16,20)(H,18,19). The van der Waals surface area contributed by atoms with Crippen LogP contribution in [0.5, 0.6) is 0 Å². The molecule has 1 aromatic carbocycles. The van der Waals surface area contributed by atoms with E-state index >= 15 is 0 Å². The van der Waals surface area contributed by atoms with Crippen LogP contribution in [0.2, 0.25) is 0 Å². The molecule has 9 heteroatoms. The normalized spacial score (nSPS) is 11.4. The summed E-state index contributed by atoms with van der Waals surface area (Å²) in [6.07, 6.45) is -4.46. The zero-order valence-electron chi connectivity index (χ0n) is 10.5. The van der Waals surface area contributed by atoms with E-state index in [0.29, 0.717) is 11.4 Å². The summed E-state index contributed by atoms with van der Waals surface area (Å²) >= 11 is 5.79. The highest BCUT2D eigenvalue weighted by Crippen LogP contribution is 2.32. The van der Waals surface area contributed by atoms with E-state index in [9.17, 15) is 18.0 Å². The molecule has 0 atom stereocenters. The lowest BCUT2D eigenvalue weighted by atomic mass is 10.1. The van der Waals surface area contributed by atoms with Crippen LogP contribution < -0.4 is 15.9 Å². The molecular formula is C12H10F3N3OS2. The number of alkyl halides is 3. The van der Waals surface area contributed by atoms with Crippen LogP contribution in [0.4, 0.5) is 18.9 Å². The van der Waals surface area contributed by atoms with Crippen molar-refractivity contribution in [3.63, 3.8) is 0 Å². The van der Waals surface area contributed by atoms with Crippen molar-refractivity contribution in [2.24, 2.45) is 5.73 Å². The van der Waals surface area contributed by atoms with Crippen molar-refractivity contribution in [3.05, 3.63) is 50.1 Å². The third-order valence-electron chi connectivity index (χ3n) is 2.65. The van der Waals surface area contributed by atoms with Crippen molar-refractivity contribution in [1.29, 1.82) is 0 Å². The maximum absolute atomic E-state index is 12.7. The largest absolute Gasteiger partial charge is 0.416 e. The fourth-order valence-corrected chi connectivity index (χ4v) is 2.42. The molecule has 0 aliphatic carbocycles. The lowest BCUT2D eigenvalue weighted by Gasteiger charge is -2.14. The van der Waals surface area contributed by atoms with Crippen molar-refractivity contribution >= 4 is 34.2 Å². The maximum atomic E-state index is 12.7. The van der Waals surface area contributed by atoms with E-state index in [2.05, 4.69) is 10.3 Å². The predicted molar refractivity (Wildman–Crippen MR) is 79.6 cm³/mol.